The summed E-state index contributed by atoms with van der Waals surface area (Å²) in [5, 5.41) is 0. The first-order chi connectivity index (χ1) is 9.31. The van der Waals surface area contributed by atoms with Gasteiger partial charge in [-0.25, -0.2) is 0 Å². The maximum absolute atomic E-state index is 2.45. The van der Waals surface area contributed by atoms with Crippen LogP contribution in [0.3, 0.4) is 0 Å². The van der Waals surface area contributed by atoms with Gasteiger partial charge in [-0.05, 0) is 55.2 Å². The molecule has 0 radical (unpaired) electrons. The van der Waals surface area contributed by atoms with Crippen LogP contribution in [0.5, 0.6) is 0 Å². The van der Waals surface area contributed by atoms with Crippen LogP contribution in [-0.2, 0) is 5.41 Å². The van der Waals surface area contributed by atoms with Gasteiger partial charge in [-0.1, -0.05) is 48.5 Å². The van der Waals surface area contributed by atoms with E-state index in [1.807, 2.05) is 0 Å². The third kappa shape index (κ3) is 1.45. The van der Waals surface area contributed by atoms with E-state index in [2.05, 4.69) is 60.5 Å². The third-order valence-electron chi connectivity index (χ3n) is 5.02. The Morgan fingerprint density at radius 1 is 0.789 bits per heavy atom. The molecule has 96 valence electrons. The zero-order valence-corrected chi connectivity index (χ0v) is 11.4. The lowest BCUT2D eigenvalue weighted by Gasteiger charge is -2.39. The molecule has 0 N–H and O–H groups in total. The van der Waals surface area contributed by atoms with Crippen LogP contribution >= 0.6 is 0 Å². The Balaban J connectivity index is 1.96. The summed E-state index contributed by atoms with van der Waals surface area (Å²) < 4.78 is 0. The molecule has 0 amide bonds. The van der Waals surface area contributed by atoms with Crippen molar-refractivity contribution in [2.24, 2.45) is 0 Å². The average Bonchev–Trinajstić information content (AvgIpc) is 2.74. The molecular formula is C18H19N. The molecule has 0 aromatic heterocycles. The van der Waals surface area contributed by atoms with Crippen LogP contribution in [0.15, 0.2) is 48.5 Å². The van der Waals surface area contributed by atoms with Crippen molar-refractivity contribution in [3.63, 3.8) is 0 Å². The summed E-state index contributed by atoms with van der Waals surface area (Å²) in [5.74, 6) is 0. The van der Waals surface area contributed by atoms with Gasteiger partial charge in [0.05, 0.1) is 0 Å². The predicted octanol–water partition coefficient (Wildman–Crippen LogP) is 3.68. The fourth-order valence-corrected chi connectivity index (χ4v) is 3.95. The van der Waals surface area contributed by atoms with E-state index in [1.165, 1.54) is 37.1 Å². The van der Waals surface area contributed by atoms with Crippen LogP contribution < -0.4 is 0 Å². The monoisotopic (exact) mass is 249 g/mol. The molecule has 0 atom stereocenters. The molecule has 1 heteroatoms. The Hall–Kier alpha value is -1.60. The minimum atomic E-state index is 0.277. The molecular weight excluding hydrogens is 230 g/mol. The van der Waals surface area contributed by atoms with Gasteiger partial charge in [0.2, 0.25) is 0 Å². The lowest BCUT2D eigenvalue weighted by molar-refractivity contribution is 0.216. The van der Waals surface area contributed by atoms with Crippen molar-refractivity contribution in [3.05, 3.63) is 59.7 Å². The molecule has 1 fully saturated rings. The van der Waals surface area contributed by atoms with Gasteiger partial charge in [0.15, 0.2) is 0 Å². The molecule has 1 aliphatic heterocycles. The summed E-state index contributed by atoms with van der Waals surface area (Å²) >= 11 is 0. The predicted molar refractivity (Wildman–Crippen MR) is 79.4 cm³/mol. The Morgan fingerprint density at radius 3 is 1.79 bits per heavy atom. The lowest BCUT2D eigenvalue weighted by Crippen LogP contribution is -2.40. The van der Waals surface area contributed by atoms with Gasteiger partial charge in [0.25, 0.3) is 0 Å². The van der Waals surface area contributed by atoms with Crippen LogP contribution in [0.25, 0.3) is 11.1 Å². The maximum atomic E-state index is 2.45. The summed E-state index contributed by atoms with van der Waals surface area (Å²) in [6.07, 6.45) is 2.50. The van der Waals surface area contributed by atoms with Crippen molar-refractivity contribution in [1.82, 2.24) is 4.90 Å². The smallest absolute Gasteiger partial charge is 0.0239 e. The topological polar surface area (TPSA) is 3.24 Å². The number of nitrogens with zero attached hydrogens (tertiary/aromatic N) is 1. The molecule has 1 saturated heterocycles. The largest absolute Gasteiger partial charge is 0.306 e. The molecule has 1 nitrogen and oxygen atoms in total. The van der Waals surface area contributed by atoms with Crippen LogP contribution in [0.4, 0.5) is 0 Å². The summed E-state index contributed by atoms with van der Waals surface area (Å²) in [5.41, 5.74) is 6.32. The Bertz CT molecular complexity index is 574. The Kier molecular flexibility index (Phi) is 2.33. The van der Waals surface area contributed by atoms with E-state index in [-0.39, 0.29) is 5.41 Å². The van der Waals surface area contributed by atoms with Gasteiger partial charge < -0.3 is 4.90 Å². The summed E-state index contributed by atoms with van der Waals surface area (Å²) in [6, 6.07) is 18.0. The first-order valence-corrected chi connectivity index (χ1v) is 7.19. The highest BCUT2D eigenvalue weighted by atomic mass is 15.1. The molecule has 0 bridgehead atoms. The number of benzene rings is 2. The molecule has 2 aromatic rings. The third-order valence-corrected chi connectivity index (χ3v) is 5.02. The van der Waals surface area contributed by atoms with Crippen molar-refractivity contribution in [3.8, 4) is 11.1 Å². The van der Waals surface area contributed by atoms with Gasteiger partial charge in [-0.15, -0.1) is 0 Å². The standard InChI is InChI=1S/C18H19N/c1-19-12-10-18(11-13-19)16-8-4-2-6-14(16)15-7-3-5-9-17(15)18/h2-9H,10-13H2,1H3. The maximum Gasteiger partial charge on any atom is 0.0239 e. The number of hydrogen-bond acceptors (Lipinski definition) is 1. The Labute approximate surface area is 114 Å². The average molecular weight is 249 g/mol. The van der Waals surface area contributed by atoms with Gasteiger partial charge in [-0.2, -0.15) is 0 Å². The van der Waals surface area contributed by atoms with Crippen LogP contribution in [0.1, 0.15) is 24.0 Å². The van der Waals surface area contributed by atoms with E-state index in [0.29, 0.717) is 0 Å². The minimum Gasteiger partial charge on any atom is -0.306 e. The van der Waals surface area contributed by atoms with E-state index >= 15 is 0 Å². The van der Waals surface area contributed by atoms with Gasteiger partial charge in [0.1, 0.15) is 0 Å². The number of piperidine rings is 1. The van der Waals surface area contributed by atoms with Gasteiger partial charge >= 0.3 is 0 Å². The number of fused-ring (bicyclic) bond motifs is 5. The Morgan fingerprint density at radius 2 is 1.26 bits per heavy atom. The molecule has 0 unspecified atom stereocenters. The number of hydrogen-bond donors (Lipinski definition) is 0. The van der Waals surface area contributed by atoms with Crippen molar-refractivity contribution < 1.29 is 0 Å². The zero-order chi connectivity index (χ0) is 12.9. The summed E-state index contributed by atoms with van der Waals surface area (Å²) in [6.45, 7) is 2.39. The van der Waals surface area contributed by atoms with Crippen molar-refractivity contribution >= 4 is 0 Å². The van der Waals surface area contributed by atoms with Crippen molar-refractivity contribution in [2.75, 3.05) is 20.1 Å². The van der Waals surface area contributed by atoms with E-state index in [0.717, 1.165) is 0 Å². The number of likely N-dealkylation sites (tertiary alicyclic amines) is 1. The summed E-state index contributed by atoms with van der Waals surface area (Å²) in [7, 11) is 2.24. The molecule has 1 heterocycles. The molecule has 2 aliphatic rings. The number of rotatable bonds is 0. The minimum absolute atomic E-state index is 0.277. The van der Waals surface area contributed by atoms with Crippen LogP contribution in [0, 0.1) is 0 Å². The fraction of sp³-hybridized carbons (Fsp3) is 0.333. The van der Waals surface area contributed by atoms with Crippen molar-refractivity contribution in [1.29, 1.82) is 0 Å². The second-order valence-electron chi connectivity index (χ2n) is 5.98. The first-order valence-electron chi connectivity index (χ1n) is 7.19. The van der Waals surface area contributed by atoms with Gasteiger partial charge in [-0.3, -0.25) is 0 Å². The fourth-order valence-electron chi connectivity index (χ4n) is 3.95. The SMILES string of the molecule is CN1CCC2(CC1)c1ccccc1-c1ccccc12. The van der Waals surface area contributed by atoms with Crippen molar-refractivity contribution in [2.45, 2.75) is 18.3 Å². The molecule has 0 saturated carbocycles. The van der Waals surface area contributed by atoms with E-state index in [9.17, 15) is 0 Å². The molecule has 1 aliphatic carbocycles. The second kappa shape index (κ2) is 3.94. The van der Waals surface area contributed by atoms with Crippen LogP contribution in [-0.4, -0.2) is 25.0 Å². The highest BCUT2D eigenvalue weighted by Crippen LogP contribution is 2.53. The van der Waals surface area contributed by atoms with Gasteiger partial charge in [0, 0.05) is 5.41 Å². The first kappa shape index (κ1) is 11.2. The molecule has 4 rings (SSSR count). The zero-order valence-electron chi connectivity index (χ0n) is 11.4. The lowest BCUT2D eigenvalue weighted by atomic mass is 9.71. The molecule has 19 heavy (non-hydrogen) atoms. The van der Waals surface area contributed by atoms with E-state index in [1.54, 1.807) is 11.1 Å². The highest BCUT2D eigenvalue weighted by Gasteiger charge is 2.44. The highest BCUT2D eigenvalue weighted by molar-refractivity contribution is 5.81. The van der Waals surface area contributed by atoms with E-state index in [4.69, 9.17) is 0 Å². The van der Waals surface area contributed by atoms with Crippen LogP contribution in [0.2, 0.25) is 0 Å². The normalized spacial score (nSPS) is 20.3. The summed E-state index contributed by atoms with van der Waals surface area (Å²) in [4.78, 5) is 2.45. The molecule has 1 spiro atoms. The quantitative estimate of drug-likeness (QED) is 0.688. The second-order valence-corrected chi connectivity index (χ2v) is 5.98. The molecule has 2 aromatic carbocycles. The van der Waals surface area contributed by atoms with E-state index < -0.39 is 0 Å².